The Balaban J connectivity index is 1.84. The van der Waals surface area contributed by atoms with Crippen LogP contribution < -0.4 is 5.73 Å². The van der Waals surface area contributed by atoms with Crippen molar-refractivity contribution in [2.45, 2.75) is 32.9 Å². The van der Waals surface area contributed by atoms with Crippen LogP contribution in [0.1, 0.15) is 48.1 Å². The predicted octanol–water partition coefficient (Wildman–Crippen LogP) is 4.67. The highest BCUT2D eigenvalue weighted by atomic mass is 16.2. The molecule has 2 heterocycles. The van der Waals surface area contributed by atoms with Crippen molar-refractivity contribution in [3.05, 3.63) is 96.1 Å². The van der Waals surface area contributed by atoms with Crippen molar-refractivity contribution in [1.29, 1.82) is 0 Å². The summed E-state index contributed by atoms with van der Waals surface area (Å²) in [5, 5.41) is 0. The minimum atomic E-state index is -0.208. The Labute approximate surface area is 195 Å². The molecule has 2 aromatic carbocycles. The number of pyridine rings is 1. The summed E-state index contributed by atoms with van der Waals surface area (Å²) in [5.41, 5.74) is 9.62. The molecule has 0 aliphatic carbocycles. The zero-order chi connectivity index (χ0) is 23.2. The molecule has 4 aromatic rings. The van der Waals surface area contributed by atoms with Gasteiger partial charge >= 0.3 is 0 Å². The van der Waals surface area contributed by atoms with Gasteiger partial charge in [0.15, 0.2) is 0 Å². The molecule has 6 heteroatoms. The van der Waals surface area contributed by atoms with E-state index < -0.39 is 0 Å². The monoisotopic (exact) mass is 441 g/mol. The summed E-state index contributed by atoms with van der Waals surface area (Å²) in [6.45, 7) is 6.04. The minimum Gasteiger partial charge on any atom is -0.330 e. The third-order valence-corrected chi connectivity index (χ3v) is 5.87. The molecule has 33 heavy (non-hydrogen) atoms. The van der Waals surface area contributed by atoms with Crippen LogP contribution in [0.5, 0.6) is 0 Å². The molecule has 0 spiro atoms. The first-order valence-electron chi connectivity index (χ1n) is 11.5. The Kier molecular flexibility index (Phi) is 7.15. The largest absolute Gasteiger partial charge is 0.330 e. The van der Waals surface area contributed by atoms with E-state index in [2.05, 4.69) is 41.6 Å². The topological polar surface area (TPSA) is 77.0 Å². The Morgan fingerprint density at radius 2 is 1.79 bits per heavy atom. The number of aromatic nitrogens is 3. The standard InChI is InChI=1S/C27H31N5O/c1-20(2)25(31(17-9-15-28)27(33)22-12-8-16-29-18-22)26-30-23-13-6-7-14-24(23)32(26)19-21-10-4-3-5-11-21/h3-8,10-14,16,18,20,25H,9,15,17,19,28H2,1-2H3. The van der Waals surface area contributed by atoms with Gasteiger partial charge in [-0.25, -0.2) is 4.98 Å². The summed E-state index contributed by atoms with van der Waals surface area (Å²) in [6.07, 6.45) is 4.02. The van der Waals surface area contributed by atoms with E-state index in [0.29, 0.717) is 31.6 Å². The van der Waals surface area contributed by atoms with Crippen molar-refractivity contribution in [1.82, 2.24) is 19.4 Å². The number of hydrogen-bond acceptors (Lipinski definition) is 4. The van der Waals surface area contributed by atoms with Gasteiger partial charge in [-0.3, -0.25) is 9.78 Å². The highest BCUT2D eigenvalue weighted by Crippen LogP contribution is 2.32. The summed E-state index contributed by atoms with van der Waals surface area (Å²) >= 11 is 0. The van der Waals surface area contributed by atoms with Gasteiger partial charge in [-0.05, 0) is 48.7 Å². The van der Waals surface area contributed by atoms with Gasteiger partial charge in [0, 0.05) is 25.5 Å². The molecule has 1 amide bonds. The van der Waals surface area contributed by atoms with E-state index in [1.54, 1.807) is 18.5 Å². The first kappa shape index (κ1) is 22.7. The molecule has 0 aliphatic heterocycles. The fraction of sp³-hybridized carbons (Fsp3) is 0.296. The van der Waals surface area contributed by atoms with Crippen LogP contribution in [0.15, 0.2) is 79.1 Å². The number of amides is 1. The van der Waals surface area contributed by atoms with Crippen LogP contribution in [-0.4, -0.2) is 38.4 Å². The number of rotatable bonds is 9. The van der Waals surface area contributed by atoms with Crippen molar-refractivity contribution in [2.75, 3.05) is 13.1 Å². The van der Waals surface area contributed by atoms with Gasteiger partial charge in [0.25, 0.3) is 5.91 Å². The summed E-state index contributed by atoms with van der Waals surface area (Å²) in [4.78, 5) is 24.8. The van der Waals surface area contributed by atoms with E-state index in [0.717, 1.165) is 16.9 Å². The van der Waals surface area contributed by atoms with Crippen LogP contribution >= 0.6 is 0 Å². The van der Waals surface area contributed by atoms with Crippen LogP contribution in [0.25, 0.3) is 11.0 Å². The molecule has 0 fully saturated rings. The Hall–Kier alpha value is -3.51. The first-order chi connectivity index (χ1) is 16.1. The average molecular weight is 442 g/mol. The maximum absolute atomic E-state index is 13.7. The van der Waals surface area contributed by atoms with Crippen molar-refractivity contribution in [3.63, 3.8) is 0 Å². The number of nitrogens with two attached hydrogens (primary N) is 1. The van der Waals surface area contributed by atoms with Gasteiger partial charge in [-0.15, -0.1) is 0 Å². The van der Waals surface area contributed by atoms with E-state index >= 15 is 0 Å². The molecule has 2 N–H and O–H groups in total. The zero-order valence-corrected chi connectivity index (χ0v) is 19.3. The molecular weight excluding hydrogens is 410 g/mol. The number of benzene rings is 2. The van der Waals surface area contributed by atoms with E-state index in [-0.39, 0.29) is 17.9 Å². The lowest BCUT2D eigenvalue weighted by Gasteiger charge is -2.34. The molecule has 4 rings (SSSR count). The van der Waals surface area contributed by atoms with Gasteiger partial charge in [-0.1, -0.05) is 56.3 Å². The normalized spacial score (nSPS) is 12.2. The van der Waals surface area contributed by atoms with Gasteiger partial charge in [0.05, 0.1) is 22.6 Å². The molecule has 170 valence electrons. The minimum absolute atomic E-state index is 0.0476. The molecule has 2 aromatic heterocycles. The Bertz CT molecular complexity index is 1190. The van der Waals surface area contributed by atoms with Crippen LogP contribution in [0.3, 0.4) is 0 Å². The molecular formula is C27H31N5O. The third-order valence-electron chi connectivity index (χ3n) is 5.87. The molecule has 1 unspecified atom stereocenters. The van der Waals surface area contributed by atoms with Crippen molar-refractivity contribution < 1.29 is 4.79 Å². The highest BCUT2D eigenvalue weighted by Gasteiger charge is 2.32. The van der Waals surface area contributed by atoms with E-state index in [1.807, 2.05) is 47.4 Å². The highest BCUT2D eigenvalue weighted by molar-refractivity contribution is 5.94. The number of fused-ring (bicyclic) bond motifs is 1. The lowest BCUT2D eigenvalue weighted by atomic mass is 9.99. The fourth-order valence-electron chi connectivity index (χ4n) is 4.33. The second-order valence-corrected chi connectivity index (χ2v) is 8.60. The lowest BCUT2D eigenvalue weighted by molar-refractivity contribution is 0.0604. The molecule has 0 bridgehead atoms. The molecule has 0 saturated carbocycles. The lowest BCUT2D eigenvalue weighted by Crippen LogP contribution is -2.40. The Morgan fingerprint density at radius 3 is 2.48 bits per heavy atom. The summed E-state index contributed by atoms with van der Waals surface area (Å²) < 4.78 is 2.25. The van der Waals surface area contributed by atoms with E-state index in [1.165, 1.54) is 5.56 Å². The van der Waals surface area contributed by atoms with Crippen molar-refractivity contribution >= 4 is 16.9 Å². The number of carbonyl (C=O) groups is 1. The van der Waals surface area contributed by atoms with Crippen LogP contribution in [-0.2, 0) is 6.54 Å². The van der Waals surface area contributed by atoms with Gasteiger partial charge in [0.2, 0.25) is 0 Å². The number of para-hydroxylation sites is 2. The molecule has 1 atom stereocenters. The second-order valence-electron chi connectivity index (χ2n) is 8.60. The molecule has 0 radical (unpaired) electrons. The molecule has 6 nitrogen and oxygen atoms in total. The number of carbonyl (C=O) groups excluding carboxylic acids is 1. The van der Waals surface area contributed by atoms with E-state index in [9.17, 15) is 4.79 Å². The SMILES string of the molecule is CC(C)C(c1nc2ccccc2n1Cc1ccccc1)N(CCCN)C(=O)c1cccnc1. The van der Waals surface area contributed by atoms with Crippen molar-refractivity contribution in [2.24, 2.45) is 11.7 Å². The van der Waals surface area contributed by atoms with Crippen LogP contribution in [0, 0.1) is 5.92 Å². The summed E-state index contributed by atoms with van der Waals surface area (Å²) in [5.74, 6) is 0.993. The fourth-order valence-corrected chi connectivity index (χ4v) is 4.33. The van der Waals surface area contributed by atoms with E-state index in [4.69, 9.17) is 10.7 Å². The quantitative estimate of drug-likeness (QED) is 0.410. The maximum Gasteiger partial charge on any atom is 0.256 e. The third kappa shape index (κ3) is 4.96. The van der Waals surface area contributed by atoms with Crippen molar-refractivity contribution in [3.8, 4) is 0 Å². The molecule has 0 saturated heterocycles. The van der Waals surface area contributed by atoms with Gasteiger partial charge < -0.3 is 15.2 Å². The predicted molar refractivity (Wildman–Crippen MR) is 132 cm³/mol. The zero-order valence-electron chi connectivity index (χ0n) is 19.3. The van der Waals surface area contributed by atoms with Gasteiger partial charge in [-0.2, -0.15) is 0 Å². The average Bonchev–Trinajstić information content (AvgIpc) is 3.20. The van der Waals surface area contributed by atoms with Crippen LogP contribution in [0.4, 0.5) is 0 Å². The van der Waals surface area contributed by atoms with Crippen LogP contribution in [0.2, 0.25) is 0 Å². The first-order valence-corrected chi connectivity index (χ1v) is 11.5. The number of hydrogen-bond donors (Lipinski definition) is 1. The summed E-state index contributed by atoms with van der Waals surface area (Å²) in [6, 6.07) is 21.9. The molecule has 0 aliphatic rings. The summed E-state index contributed by atoms with van der Waals surface area (Å²) in [7, 11) is 0. The smallest absolute Gasteiger partial charge is 0.256 e. The van der Waals surface area contributed by atoms with Gasteiger partial charge in [0.1, 0.15) is 5.82 Å². The maximum atomic E-state index is 13.7. The number of nitrogens with zero attached hydrogens (tertiary/aromatic N) is 4. The Morgan fingerprint density at radius 1 is 1.03 bits per heavy atom. The number of imidazole rings is 1. The second kappa shape index (κ2) is 10.4.